The molecule has 0 spiro atoms. The fourth-order valence-electron chi connectivity index (χ4n) is 2.04. The van der Waals surface area contributed by atoms with Gasteiger partial charge in [0.25, 0.3) is 0 Å². The van der Waals surface area contributed by atoms with Crippen LogP contribution in [0.3, 0.4) is 0 Å². The van der Waals surface area contributed by atoms with Crippen LogP contribution in [-0.2, 0) is 30.2 Å². The summed E-state index contributed by atoms with van der Waals surface area (Å²) in [6.07, 6.45) is 3.69. The molecule has 0 radical (unpaired) electrons. The van der Waals surface area contributed by atoms with E-state index < -0.39 is 20.5 Å². The number of hydrogen-bond donors (Lipinski definition) is 0. The summed E-state index contributed by atoms with van der Waals surface area (Å²) in [6, 6.07) is 15.6. The van der Waals surface area contributed by atoms with Gasteiger partial charge in [-0.05, 0) is 38.4 Å². The van der Waals surface area contributed by atoms with Gasteiger partial charge in [0.2, 0.25) is 0 Å². The molecule has 206 valence electrons. The number of aromatic nitrogens is 2. The monoisotopic (exact) mass is 606 g/mol. The number of halogens is 2. The van der Waals surface area contributed by atoms with E-state index in [2.05, 4.69) is 46.0 Å². The van der Waals surface area contributed by atoms with E-state index in [1.807, 2.05) is 36.7 Å². The van der Waals surface area contributed by atoms with E-state index in [9.17, 15) is 0 Å². The SMILES string of the molecule is CC#N.CC#N.CN(CCN(C)Cc1ccccn1)Cc1ccccn1.[Fe+4].[O-][Cl+3]([O-])([O-])[O-].[O-][Cl+3]([O-])([O-])[O-]. The van der Waals surface area contributed by atoms with Gasteiger partial charge < -0.3 is 0 Å². The van der Waals surface area contributed by atoms with Crippen molar-refractivity contribution in [2.24, 2.45) is 0 Å². The molecule has 0 saturated heterocycles. The Hall–Kier alpha value is -2.02. The molecule has 2 aromatic rings. The predicted octanol–water partition coefficient (Wildman–Crippen LogP) is -6.41. The molecule has 2 heterocycles. The Morgan fingerprint density at radius 2 is 0.919 bits per heavy atom. The molecule has 14 nitrogen and oxygen atoms in total. The van der Waals surface area contributed by atoms with Crippen molar-refractivity contribution in [3.05, 3.63) is 60.2 Å². The average molecular weight is 607 g/mol. The fourth-order valence-corrected chi connectivity index (χ4v) is 2.04. The quantitative estimate of drug-likeness (QED) is 0.265. The van der Waals surface area contributed by atoms with Gasteiger partial charge in [0.1, 0.15) is 0 Å². The second kappa shape index (κ2) is 25.6. The van der Waals surface area contributed by atoms with E-state index in [1.54, 1.807) is 12.1 Å². The van der Waals surface area contributed by atoms with Crippen LogP contribution < -0.4 is 37.3 Å². The molecule has 0 aromatic carbocycles. The number of nitrogens with zero attached hydrogens (tertiary/aromatic N) is 6. The zero-order chi connectivity index (χ0) is 28.6. The Bertz CT molecular complexity index is 767. The Balaban J connectivity index is -0.000000264. The molecule has 0 amide bonds. The maximum atomic E-state index is 8.49. The van der Waals surface area contributed by atoms with Gasteiger partial charge in [0.15, 0.2) is 0 Å². The minimum atomic E-state index is -4.94. The van der Waals surface area contributed by atoms with Crippen LogP contribution in [0, 0.1) is 43.1 Å². The fraction of sp³-hybridized carbons (Fsp3) is 0.400. The topological polar surface area (TPSA) is 264 Å². The molecule has 2 aromatic heterocycles. The van der Waals surface area contributed by atoms with Crippen molar-refractivity contribution in [1.29, 1.82) is 10.5 Å². The maximum Gasteiger partial charge on any atom is 4.00 e. The van der Waals surface area contributed by atoms with E-state index >= 15 is 0 Å². The Kier molecular flexibility index (Phi) is 29.1. The van der Waals surface area contributed by atoms with Gasteiger partial charge in [-0.15, -0.1) is 20.5 Å². The number of nitriles is 2. The van der Waals surface area contributed by atoms with Gasteiger partial charge in [-0.3, -0.25) is 19.8 Å². The van der Waals surface area contributed by atoms with Crippen molar-refractivity contribution < 1.29 is 74.8 Å². The smallest absolute Gasteiger partial charge is 0.299 e. The summed E-state index contributed by atoms with van der Waals surface area (Å²) >= 11 is 0. The third-order valence-electron chi connectivity index (χ3n) is 3.18. The number of pyridine rings is 2. The first-order chi connectivity index (χ1) is 16.6. The molecular formula is C20H28Cl2FeN6O8+2. The summed E-state index contributed by atoms with van der Waals surface area (Å²) in [5.41, 5.74) is 2.23. The maximum absolute atomic E-state index is 8.49. The second-order valence-corrected chi connectivity index (χ2v) is 7.83. The third kappa shape index (κ3) is 47.7. The standard InChI is InChI=1S/C16H22N4.2C2H3N.2ClHO4.Fe/c1-19(13-15-7-3-5-9-17-15)11-12-20(2)14-16-8-4-6-10-18-16;2*1-2-3;2*2-1(3,4)5;/h3-10H,11-14H2,1-2H3;2*1H3;2*(H,2,3,4,5);/q;;;;;+4/p-2. The van der Waals surface area contributed by atoms with Crippen LogP contribution in [-0.4, -0.2) is 47.0 Å². The predicted molar refractivity (Wildman–Crippen MR) is 104 cm³/mol. The molecular weight excluding hydrogens is 579 g/mol. The van der Waals surface area contributed by atoms with Crippen molar-refractivity contribution >= 4 is 0 Å². The zero-order valence-corrected chi connectivity index (χ0v) is 23.1. The molecule has 0 aliphatic carbocycles. The largest absolute Gasteiger partial charge is 4.00 e. The van der Waals surface area contributed by atoms with E-state index in [0.717, 1.165) is 37.6 Å². The Morgan fingerprint density at radius 3 is 1.11 bits per heavy atom. The number of rotatable bonds is 7. The van der Waals surface area contributed by atoms with Gasteiger partial charge in [-0.2, -0.15) is 10.5 Å². The molecule has 0 aliphatic rings. The molecule has 0 fully saturated rings. The normalized spacial score (nSPS) is 9.73. The van der Waals surface area contributed by atoms with E-state index in [4.69, 9.17) is 47.8 Å². The molecule has 37 heavy (non-hydrogen) atoms. The molecule has 0 aliphatic heterocycles. The van der Waals surface area contributed by atoms with E-state index in [-0.39, 0.29) is 17.1 Å². The zero-order valence-electron chi connectivity index (χ0n) is 20.5. The van der Waals surface area contributed by atoms with Crippen LogP contribution in [0.2, 0.25) is 0 Å². The van der Waals surface area contributed by atoms with Crippen LogP contribution in [0.25, 0.3) is 0 Å². The molecule has 0 saturated carbocycles. The van der Waals surface area contributed by atoms with Crippen LogP contribution in [0.4, 0.5) is 0 Å². The first kappa shape index (κ1) is 42.1. The molecule has 0 N–H and O–H groups in total. The van der Waals surface area contributed by atoms with Crippen LogP contribution in [0.5, 0.6) is 0 Å². The minimum Gasteiger partial charge on any atom is -0.299 e. The summed E-state index contributed by atoms with van der Waals surface area (Å²) in [7, 11) is -5.63. The number of hydrogen-bond acceptors (Lipinski definition) is 14. The van der Waals surface area contributed by atoms with E-state index in [1.165, 1.54) is 13.8 Å². The molecule has 0 atom stereocenters. The first-order valence-electron chi connectivity index (χ1n) is 9.59. The minimum absolute atomic E-state index is 0. The van der Waals surface area contributed by atoms with Crippen molar-refractivity contribution in [3.8, 4) is 12.1 Å². The molecule has 0 unspecified atom stereocenters. The number of likely N-dealkylation sites (N-methyl/N-ethyl adjacent to an activating group) is 2. The summed E-state index contributed by atoms with van der Waals surface area (Å²) in [4.78, 5) is 13.3. The summed E-state index contributed by atoms with van der Waals surface area (Å²) in [5.74, 6) is 0. The van der Waals surface area contributed by atoms with Crippen molar-refractivity contribution in [3.63, 3.8) is 0 Å². The van der Waals surface area contributed by atoms with Gasteiger partial charge in [-0.25, -0.2) is 37.3 Å². The van der Waals surface area contributed by atoms with Crippen molar-refractivity contribution in [1.82, 2.24) is 19.8 Å². The van der Waals surface area contributed by atoms with E-state index in [0.29, 0.717) is 0 Å². The van der Waals surface area contributed by atoms with Crippen molar-refractivity contribution in [2.75, 3.05) is 27.2 Å². The molecule has 17 heteroatoms. The first-order valence-corrected chi connectivity index (χ1v) is 12.1. The van der Waals surface area contributed by atoms with Gasteiger partial charge >= 0.3 is 17.1 Å². The Labute approximate surface area is 231 Å². The van der Waals surface area contributed by atoms with Crippen LogP contribution in [0.15, 0.2) is 48.8 Å². The van der Waals surface area contributed by atoms with Gasteiger partial charge in [0.05, 0.1) is 23.5 Å². The Morgan fingerprint density at radius 1 is 0.676 bits per heavy atom. The summed E-state index contributed by atoms with van der Waals surface area (Å²) in [5, 5.41) is 14.6. The van der Waals surface area contributed by atoms with Crippen molar-refractivity contribution in [2.45, 2.75) is 26.9 Å². The van der Waals surface area contributed by atoms with Crippen LogP contribution >= 0.6 is 0 Å². The van der Waals surface area contributed by atoms with Gasteiger partial charge in [-0.1, -0.05) is 12.1 Å². The summed E-state index contributed by atoms with van der Waals surface area (Å²) < 4.78 is 67.9. The third-order valence-corrected chi connectivity index (χ3v) is 3.18. The van der Waals surface area contributed by atoms with Crippen LogP contribution in [0.1, 0.15) is 25.2 Å². The molecule has 2 rings (SSSR count). The summed E-state index contributed by atoms with van der Waals surface area (Å²) in [6.45, 7) is 6.66. The van der Waals surface area contributed by atoms with Gasteiger partial charge in [0, 0.05) is 52.4 Å². The second-order valence-electron chi connectivity index (χ2n) is 6.32. The average Bonchev–Trinajstić information content (AvgIpc) is 2.73. The molecule has 0 bridgehead atoms.